The lowest BCUT2D eigenvalue weighted by Crippen LogP contribution is -2.43. The first-order valence-electron chi connectivity index (χ1n) is 7.09. The Labute approximate surface area is 106 Å². The van der Waals surface area contributed by atoms with Gasteiger partial charge in [-0.1, -0.05) is 20.8 Å². The summed E-state index contributed by atoms with van der Waals surface area (Å²) in [6.07, 6.45) is 5.42. The van der Waals surface area contributed by atoms with E-state index in [9.17, 15) is 4.79 Å². The highest BCUT2D eigenvalue weighted by atomic mass is 16.1. The van der Waals surface area contributed by atoms with Crippen LogP contribution in [0, 0.1) is 11.8 Å². The number of amides is 1. The van der Waals surface area contributed by atoms with Gasteiger partial charge >= 0.3 is 0 Å². The van der Waals surface area contributed by atoms with Gasteiger partial charge in [-0.3, -0.25) is 4.79 Å². The maximum absolute atomic E-state index is 11.8. The number of rotatable bonds is 6. The van der Waals surface area contributed by atoms with Crippen LogP contribution in [0.5, 0.6) is 0 Å². The molecule has 1 aliphatic heterocycles. The molecule has 2 atom stereocenters. The van der Waals surface area contributed by atoms with Crippen molar-refractivity contribution in [1.82, 2.24) is 10.6 Å². The summed E-state index contributed by atoms with van der Waals surface area (Å²) in [6, 6.07) is 0.383. The molecule has 0 aromatic rings. The summed E-state index contributed by atoms with van der Waals surface area (Å²) < 4.78 is 0. The van der Waals surface area contributed by atoms with Gasteiger partial charge in [0.1, 0.15) is 0 Å². The van der Waals surface area contributed by atoms with Crippen LogP contribution in [0.3, 0.4) is 0 Å². The summed E-state index contributed by atoms with van der Waals surface area (Å²) in [5, 5.41) is 6.47. The zero-order valence-corrected chi connectivity index (χ0v) is 11.6. The molecule has 2 N–H and O–H groups in total. The molecule has 0 aromatic heterocycles. The van der Waals surface area contributed by atoms with Crippen LogP contribution in [-0.4, -0.2) is 25.0 Å². The van der Waals surface area contributed by atoms with Crippen molar-refractivity contribution in [3.8, 4) is 0 Å². The maximum Gasteiger partial charge on any atom is 0.221 e. The fourth-order valence-corrected chi connectivity index (χ4v) is 2.40. The van der Waals surface area contributed by atoms with Crippen LogP contribution in [-0.2, 0) is 4.79 Å². The predicted octanol–water partition coefficient (Wildman–Crippen LogP) is 2.32. The van der Waals surface area contributed by atoms with E-state index in [0.717, 1.165) is 25.4 Å². The minimum Gasteiger partial charge on any atom is -0.356 e. The summed E-state index contributed by atoms with van der Waals surface area (Å²) in [5.74, 6) is 1.57. The van der Waals surface area contributed by atoms with Crippen molar-refractivity contribution in [2.75, 3.05) is 13.1 Å². The predicted molar refractivity (Wildman–Crippen MR) is 71.9 cm³/mol. The van der Waals surface area contributed by atoms with Crippen LogP contribution in [0.2, 0.25) is 0 Å². The van der Waals surface area contributed by atoms with Gasteiger partial charge in [0.2, 0.25) is 5.91 Å². The van der Waals surface area contributed by atoms with Gasteiger partial charge in [0, 0.05) is 19.0 Å². The summed E-state index contributed by atoms with van der Waals surface area (Å²) in [4.78, 5) is 11.8. The molecule has 100 valence electrons. The number of hydrogen-bond donors (Lipinski definition) is 2. The van der Waals surface area contributed by atoms with Gasteiger partial charge < -0.3 is 10.6 Å². The van der Waals surface area contributed by atoms with E-state index in [-0.39, 0.29) is 5.91 Å². The first-order valence-corrected chi connectivity index (χ1v) is 7.09. The molecule has 1 heterocycles. The fourth-order valence-electron chi connectivity index (χ4n) is 2.40. The molecule has 2 unspecified atom stereocenters. The van der Waals surface area contributed by atoms with Crippen molar-refractivity contribution in [1.29, 1.82) is 0 Å². The third-order valence-corrected chi connectivity index (χ3v) is 3.62. The standard InChI is InChI=1S/C14H28N2O/c1-11(2)6-4-9-16-14(17)10-13-12(3)7-5-8-15-13/h11-13,15H,4-10H2,1-3H3,(H,16,17). The van der Waals surface area contributed by atoms with Crippen LogP contribution >= 0.6 is 0 Å². The quantitative estimate of drug-likeness (QED) is 0.700. The van der Waals surface area contributed by atoms with Gasteiger partial charge in [0.15, 0.2) is 0 Å². The molecule has 1 amide bonds. The first-order chi connectivity index (χ1) is 8.09. The second-order valence-corrected chi connectivity index (χ2v) is 5.77. The molecular weight excluding hydrogens is 212 g/mol. The Morgan fingerprint density at radius 3 is 2.88 bits per heavy atom. The average Bonchev–Trinajstić information content (AvgIpc) is 2.27. The van der Waals surface area contributed by atoms with Crippen LogP contribution in [0.25, 0.3) is 0 Å². The van der Waals surface area contributed by atoms with Crippen molar-refractivity contribution in [3.63, 3.8) is 0 Å². The molecule has 1 aliphatic rings. The smallest absolute Gasteiger partial charge is 0.221 e. The Bertz CT molecular complexity index is 228. The van der Waals surface area contributed by atoms with E-state index in [0.29, 0.717) is 18.4 Å². The number of nitrogens with one attached hydrogen (secondary N) is 2. The number of carbonyl (C=O) groups excluding carboxylic acids is 1. The Morgan fingerprint density at radius 2 is 2.24 bits per heavy atom. The van der Waals surface area contributed by atoms with E-state index in [1.807, 2.05) is 0 Å². The molecule has 0 aromatic carbocycles. The topological polar surface area (TPSA) is 41.1 Å². The van der Waals surface area contributed by atoms with E-state index in [4.69, 9.17) is 0 Å². The second kappa shape index (κ2) is 7.70. The van der Waals surface area contributed by atoms with Crippen LogP contribution in [0.1, 0.15) is 52.9 Å². The SMILES string of the molecule is CC(C)CCCNC(=O)CC1NCCCC1C. The summed E-state index contributed by atoms with van der Waals surface area (Å²) in [7, 11) is 0. The minimum absolute atomic E-state index is 0.208. The monoisotopic (exact) mass is 240 g/mol. The number of carbonyl (C=O) groups is 1. The Balaban J connectivity index is 2.11. The molecular formula is C14H28N2O. The molecule has 1 saturated heterocycles. The van der Waals surface area contributed by atoms with Crippen LogP contribution in [0.15, 0.2) is 0 Å². The van der Waals surface area contributed by atoms with Gasteiger partial charge in [0.25, 0.3) is 0 Å². The van der Waals surface area contributed by atoms with Gasteiger partial charge in [0.05, 0.1) is 0 Å². The van der Waals surface area contributed by atoms with E-state index in [1.54, 1.807) is 0 Å². The molecule has 0 saturated carbocycles. The summed E-state index contributed by atoms with van der Waals surface area (Å²) in [5.41, 5.74) is 0. The third kappa shape index (κ3) is 6.06. The van der Waals surface area contributed by atoms with Gasteiger partial charge in [-0.05, 0) is 44.1 Å². The highest BCUT2D eigenvalue weighted by Crippen LogP contribution is 2.17. The molecule has 1 rings (SSSR count). The van der Waals surface area contributed by atoms with Crippen molar-refractivity contribution in [3.05, 3.63) is 0 Å². The van der Waals surface area contributed by atoms with E-state index >= 15 is 0 Å². The zero-order chi connectivity index (χ0) is 12.7. The highest BCUT2D eigenvalue weighted by molar-refractivity contribution is 5.76. The third-order valence-electron chi connectivity index (χ3n) is 3.62. The zero-order valence-electron chi connectivity index (χ0n) is 11.6. The lowest BCUT2D eigenvalue weighted by Gasteiger charge is -2.29. The fraction of sp³-hybridized carbons (Fsp3) is 0.929. The van der Waals surface area contributed by atoms with Crippen LogP contribution < -0.4 is 10.6 Å². The number of piperidine rings is 1. The molecule has 3 nitrogen and oxygen atoms in total. The summed E-state index contributed by atoms with van der Waals surface area (Å²) >= 11 is 0. The van der Waals surface area contributed by atoms with Crippen LogP contribution in [0.4, 0.5) is 0 Å². The molecule has 1 fully saturated rings. The number of hydrogen-bond acceptors (Lipinski definition) is 2. The molecule has 17 heavy (non-hydrogen) atoms. The Kier molecular flexibility index (Phi) is 6.56. The molecule has 0 spiro atoms. The summed E-state index contributed by atoms with van der Waals surface area (Å²) in [6.45, 7) is 8.57. The van der Waals surface area contributed by atoms with Gasteiger partial charge in [-0.15, -0.1) is 0 Å². The lowest BCUT2D eigenvalue weighted by molar-refractivity contribution is -0.122. The largest absolute Gasteiger partial charge is 0.356 e. The molecule has 0 bridgehead atoms. The van der Waals surface area contributed by atoms with Crippen molar-refractivity contribution in [2.24, 2.45) is 11.8 Å². The first kappa shape index (κ1) is 14.5. The van der Waals surface area contributed by atoms with E-state index in [2.05, 4.69) is 31.4 Å². The van der Waals surface area contributed by atoms with E-state index < -0.39 is 0 Å². The van der Waals surface area contributed by atoms with Gasteiger partial charge in [-0.2, -0.15) is 0 Å². The van der Waals surface area contributed by atoms with Crippen molar-refractivity contribution in [2.45, 2.75) is 58.9 Å². The van der Waals surface area contributed by atoms with E-state index in [1.165, 1.54) is 19.3 Å². The average molecular weight is 240 g/mol. The maximum atomic E-state index is 11.8. The minimum atomic E-state index is 0.208. The normalized spacial score (nSPS) is 24.9. The molecule has 0 aliphatic carbocycles. The molecule has 0 radical (unpaired) electrons. The van der Waals surface area contributed by atoms with Crippen molar-refractivity contribution < 1.29 is 4.79 Å². The van der Waals surface area contributed by atoms with Crippen molar-refractivity contribution >= 4 is 5.91 Å². The Morgan fingerprint density at radius 1 is 1.47 bits per heavy atom. The molecule has 3 heteroatoms. The lowest BCUT2D eigenvalue weighted by atomic mass is 9.90. The second-order valence-electron chi connectivity index (χ2n) is 5.77. The Hall–Kier alpha value is -0.570. The highest BCUT2D eigenvalue weighted by Gasteiger charge is 2.22. The van der Waals surface area contributed by atoms with Gasteiger partial charge in [-0.25, -0.2) is 0 Å².